The van der Waals surface area contributed by atoms with E-state index in [2.05, 4.69) is 16.9 Å². The summed E-state index contributed by atoms with van der Waals surface area (Å²) in [5.41, 5.74) is 2.07. The number of halogens is 1. The van der Waals surface area contributed by atoms with Gasteiger partial charge in [0.05, 0.1) is 13.2 Å². The van der Waals surface area contributed by atoms with Gasteiger partial charge in [-0.2, -0.15) is 0 Å². The van der Waals surface area contributed by atoms with Crippen molar-refractivity contribution >= 4 is 28.3 Å². The Kier molecular flexibility index (Phi) is 9.25. The predicted octanol–water partition coefficient (Wildman–Crippen LogP) is 8.38. The molecule has 4 aromatic carbocycles. The number of nitrogens with zero attached hydrogens (tertiary/aromatic N) is 1. The van der Waals surface area contributed by atoms with E-state index in [4.69, 9.17) is 9.47 Å². The normalized spacial score (nSPS) is 12.3. The van der Waals surface area contributed by atoms with Gasteiger partial charge in [0.25, 0.3) is 5.91 Å². The number of hydrogen-bond acceptors (Lipinski definition) is 4. The molecule has 0 aliphatic carbocycles. The van der Waals surface area contributed by atoms with E-state index in [-0.39, 0.29) is 5.91 Å². The van der Waals surface area contributed by atoms with Crippen molar-refractivity contribution in [1.82, 2.24) is 0 Å². The molecular formula is C34H33FN2O3. The minimum Gasteiger partial charge on any atom is -0.439 e. The largest absolute Gasteiger partial charge is 0.439 e. The van der Waals surface area contributed by atoms with Crippen LogP contribution in [-0.4, -0.2) is 18.4 Å². The molecule has 0 unspecified atom stereocenters. The van der Waals surface area contributed by atoms with Crippen LogP contribution in [0.1, 0.15) is 42.3 Å². The fraction of sp³-hybridized carbons (Fsp3) is 0.176. The fourth-order valence-corrected chi connectivity index (χ4v) is 4.15. The first-order chi connectivity index (χ1) is 19.2. The van der Waals surface area contributed by atoms with Crippen LogP contribution >= 0.6 is 0 Å². The van der Waals surface area contributed by atoms with E-state index in [9.17, 15) is 9.18 Å². The summed E-state index contributed by atoms with van der Waals surface area (Å²) in [6.45, 7) is 9.55. The highest BCUT2D eigenvalue weighted by Gasteiger charge is 2.19. The van der Waals surface area contributed by atoms with Crippen molar-refractivity contribution in [2.24, 2.45) is 4.99 Å². The Bertz CT molecular complexity index is 1550. The predicted molar refractivity (Wildman–Crippen MR) is 161 cm³/mol. The number of amides is 1. The van der Waals surface area contributed by atoms with Crippen molar-refractivity contribution in [1.29, 1.82) is 0 Å². The third-order valence-electron chi connectivity index (χ3n) is 6.16. The molecule has 40 heavy (non-hydrogen) atoms. The number of ether oxygens (including phenoxy) is 2. The molecule has 5 nitrogen and oxygen atoms in total. The van der Waals surface area contributed by atoms with Crippen LogP contribution in [0.25, 0.3) is 10.8 Å². The molecule has 0 heterocycles. The smallest absolute Gasteiger partial charge is 0.256 e. The summed E-state index contributed by atoms with van der Waals surface area (Å²) in [5, 5.41) is 4.48. The highest BCUT2D eigenvalue weighted by molar-refractivity contribution is 6.13. The van der Waals surface area contributed by atoms with Crippen LogP contribution in [0.2, 0.25) is 0 Å². The zero-order valence-electron chi connectivity index (χ0n) is 23.0. The van der Waals surface area contributed by atoms with E-state index in [0.29, 0.717) is 41.7 Å². The number of nitrogens with one attached hydrogen (secondary N) is 1. The van der Waals surface area contributed by atoms with Crippen molar-refractivity contribution in [3.63, 3.8) is 0 Å². The van der Waals surface area contributed by atoms with Crippen LogP contribution in [0.4, 0.5) is 10.1 Å². The Labute approximate surface area is 234 Å². The minimum absolute atomic E-state index is 0.281. The third-order valence-corrected chi connectivity index (χ3v) is 6.16. The summed E-state index contributed by atoms with van der Waals surface area (Å²) in [5.74, 6) is 0.661. The summed E-state index contributed by atoms with van der Waals surface area (Å²) in [4.78, 5) is 17.4. The van der Waals surface area contributed by atoms with Crippen LogP contribution in [0, 0.1) is 0 Å². The van der Waals surface area contributed by atoms with Gasteiger partial charge in [0.15, 0.2) is 0 Å². The molecule has 0 aromatic heterocycles. The van der Waals surface area contributed by atoms with Gasteiger partial charge in [0.1, 0.15) is 11.4 Å². The fourth-order valence-electron chi connectivity index (χ4n) is 4.15. The lowest BCUT2D eigenvalue weighted by molar-refractivity contribution is 0.102. The molecule has 0 bridgehead atoms. The molecule has 0 saturated carbocycles. The van der Waals surface area contributed by atoms with Gasteiger partial charge in [-0.1, -0.05) is 61.2 Å². The summed E-state index contributed by atoms with van der Waals surface area (Å²) < 4.78 is 26.2. The number of carbonyl (C=O) groups is 1. The lowest BCUT2D eigenvalue weighted by Crippen LogP contribution is -2.14. The number of benzene rings is 4. The molecule has 0 spiro atoms. The molecule has 1 N–H and O–H groups in total. The monoisotopic (exact) mass is 536 g/mol. The number of carbonyl (C=O) groups excluding carboxylic acids is 1. The van der Waals surface area contributed by atoms with E-state index in [0.717, 1.165) is 21.9 Å². The summed E-state index contributed by atoms with van der Waals surface area (Å²) in [6, 6.07) is 27.8. The summed E-state index contributed by atoms with van der Waals surface area (Å²) in [7, 11) is 0. The van der Waals surface area contributed by atoms with E-state index >= 15 is 0 Å². The minimum atomic E-state index is -1.51. The third kappa shape index (κ3) is 7.74. The quantitative estimate of drug-likeness (QED) is 0.164. The van der Waals surface area contributed by atoms with Gasteiger partial charge < -0.3 is 14.8 Å². The maximum atomic E-state index is 14.4. The zero-order valence-corrected chi connectivity index (χ0v) is 23.0. The standard InChI is InChI=1S/C34H33FN2O3/c1-5-36-32(19-24(2)22-39-23-25-11-7-6-8-12-25)40-29-17-18-30-26(20-29)13-9-16-31(30)33(38)37-28-15-10-14-27(21-28)34(3,4)35/h5-21H,1,22-23H2,2-4H3,(H,37,38)/b24-19+,36-32?. The molecule has 0 atom stereocenters. The second-order valence-corrected chi connectivity index (χ2v) is 9.92. The molecule has 6 heteroatoms. The van der Waals surface area contributed by atoms with Crippen molar-refractivity contribution in [3.05, 3.63) is 132 Å². The van der Waals surface area contributed by atoms with Crippen molar-refractivity contribution < 1.29 is 18.7 Å². The number of hydrogen-bond donors (Lipinski definition) is 1. The van der Waals surface area contributed by atoms with Gasteiger partial charge in [-0.15, -0.1) is 0 Å². The number of rotatable bonds is 10. The molecule has 1 amide bonds. The lowest BCUT2D eigenvalue weighted by Gasteiger charge is -2.16. The molecule has 0 fully saturated rings. The van der Waals surface area contributed by atoms with Gasteiger partial charge in [0.2, 0.25) is 5.90 Å². The summed E-state index contributed by atoms with van der Waals surface area (Å²) in [6.07, 6.45) is 3.24. The molecule has 0 aliphatic rings. The van der Waals surface area contributed by atoms with Crippen molar-refractivity contribution in [2.45, 2.75) is 33.0 Å². The van der Waals surface area contributed by atoms with Gasteiger partial charge >= 0.3 is 0 Å². The highest BCUT2D eigenvalue weighted by Crippen LogP contribution is 2.28. The Morgan fingerprint density at radius 2 is 1.77 bits per heavy atom. The van der Waals surface area contributed by atoms with Gasteiger partial charge in [-0.3, -0.25) is 4.79 Å². The first kappa shape index (κ1) is 28.5. The average molecular weight is 537 g/mol. The van der Waals surface area contributed by atoms with E-state index in [1.807, 2.05) is 67.6 Å². The molecule has 0 saturated heterocycles. The van der Waals surface area contributed by atoms with E-state index in [1.165, 1.54) is 20.0 Å². The Hall–Kier alpha value is -4.55. The second kappa shape index (κ2) is 13.0. The Balaban J connectivity index is 1.47. The van der Waals surface area contributed by atoms with E-state index < -0.39 is 5.67 Å². The highest BCUT2D eigenvalue weighted by atomic mass is 19.1. The lowest BCUT2D eigenvalue weighted by atomic mass is 9.99. The molecule has 0 radical (unpaired) electrons. The van der Waals surface area contributed by atoms with Crippen molar-refractivity contribution in [3.8, 4) is 5.75 Å². The topological polar surface area (TPSA) is 59.9 Å². The zero-order chi connectivity index (χ0) is 28.5. The molecule has 204 valence electrons. The number of fused-ring (bicyclic) bond motifs is 1. The SMILES string of the molecule is C=CN=C(/C=C(\C)COCc1ccccc1)Oc1ccc2c(C(=O)Nc3cccc(C(C)(C)F)c3)cccc2c1. The van der Waals surface area contributed by atoms with Crippen LogP contribution in [0.5, 0.6) is 5.75 Å². The number of alkyl halides is 1. The first-order valence-corrected chi connectivity index (χ1v) is 13.0. The Morgan fingerprint density at radius 3 is 2.52 bits per heavy atom. The maximum absolute atomic E-state index is 14.4. The second-order valence-electron chi connectivity index (χ2n) is 9.92. The number of aliphatic imine (C=N–C) groups is 1. The Morgan fingerprint density at radius 1 is 1.00 bits per heavy atom. The van der Waals surface area contributed by atoms with Gasteiger partial charge in [-0.05, 0) is 84.6 Å². The summed E-state index contributed by atoms with van der Waals surface area (Å²) >= 11 is 0. The molecular weight excluding hydrogens is 503 g/mol. The van der Waals surface area contributed by atoms with Crippen LogP contribution in [0.3, 0.4) is 0 Å². The molecule has 4 rings (SSSR count). The van der Waals surface area contributed by atoms with Crippen molar-refractivity contribution in [2.75, 3.05) is 11.9 Å². The first-order valence-electron chi connectivity index (χ1n) is 13.0. The van der Waals surface area contributed by atoms with Gasteiger partial charge in [-0.25, -0.2) is 9.38 Å². The maximum Gasteiger partial charge on any atom is 0.256 e. The van der Waals surface area contributed by atoms with E-state index in [1.54, 1.807) is 36.4 Å². The van der Waals surface area contributed by atoms with Crippen LogP contribution in [0.15, 0.2) is 120 Å². The van der Waals surface area contributed by atoms with Gasteiger partial charge in [0, 0.05) is 23.5 Å². The molecule has 0 aliphatic heterocycles. The average Bonchev–Trinajstić information content (AvgIpc) is 2.93. The number of anilines is 1. The van der Waals surface area contributed by atoms with Crippen LogP contribution < -0.4 is 10.1 Å². The van der Waals surface area contributed by atoms with Crippen LogP contribution in [-0.2, 0) is 17.0 Å². The molecule has 4 aromatic rings.